The molecule has 0 aromatic heterocycles. The largest absolute Gasteiger partial charge is 0.507 e. The standard InChI is InChI=1S/C25H29NO6/c1-4-31-19-11-7-17(8-12-19)22-21(24(28)25(29)26(22)15-6-16-30-3)23(27)18-9-13-20(14-10-18)32-5-2/h7-14,22,27H,4-6,15-16H2,1-3H3/b23-21-. The summed E-state index contributed by atoms with van der Waals surface area (Å²) in [6.45, 7) is 5.63. The molecule has 1 unspecified atom stereocenters. The van der Waals surface area contributed by atoms with Crippen molar-refractivity contribution >= 4 is 17.4 Å². The molecule has 0 radical (unpaired) electrons. The zero-order valence-corrected chi connectivity index (χ0v) is 18.7. The average molecular weight is 440 g/mol. The van der Waals surface area contributed by atoms with Gasteiger partial charge in [-0.2, -0.15) is 0 Å². The fourth-order valence-corrected chi connectivity index (χ4v) is 3.78. The van der Waals surface area contributed by atoms with Gasteiger partial charge in [0.25, 0.3) is 11.7 Å². The number of amides is 1. The van der Waals surface area contributed by atoms with Gasteiger partial charge < -0.3 is 24.2 Å². The van der Waals surface area contributed by atoms with Crippen LogP contribution in [0, 0.1) is 0 Å². The van der Waals surface area contributed by atoms with Crippen molar-refractivity contribution in [2.24, 2.45) is 0 Å². The van der Waals surface area contributed by atoms with E-state index in [0.29, 0.717) is 49.8 Å². The number of aliphatic hydroxyl groups excluding tert-OH is 1. The number of ketones is 1. The summed E-state index contributed by atoms with van der Waals surface area (Å²) in [4.78, 5) is 27.4. The van der Waals surface area contributed by atoms with Crippen LogP contribution in [-0.2, 0) is 14.3 Å². The highest BCUT2D eigenvalue weighted by Crippen LogP contribution is 2.40. The van der Waals surface area contributed by atoms with Crippen LogP contribution < -0.4 is 9.47 Å². The molecule has 0 saturated carbocycles. The summed E-state index contributed by atoms with van der Waals surface area (Å²) < 4.78 is 16.1. The Morgan fingerprint density at radius 2 is 1.50 bits per heavy atom. The average Bonchev–Trinajstić information content (AvgIpc) is 3.05. The van der Waals surface area contributed by atoms with E-state index in [-0.39, 0.29) is 11.3 Å². The predicted octanol–water partition coefficient (Wildman–Crippen LogP) is 3.94. The number of aliphatic hydroxyl groups is 1. The topological polar surface area (TPSA) is 85.3 Å². The smallest absolute Gasteiger partial charge is 0.295 e. The van der Waals surface area contributed by atoms with E-state index in [9.17, 15) is 14.7 Å². The number of carbonyl (C=O) groups excluding carboxylic acids is 2. The van der Waals surface area contributed by atoms with E-state index >= 15 is 0 Å². The molecule has 0 bridgehead atoms. The van der Waals surface area contributed by atoms with Crippen LogP contribution in [0.5, 0.6) is 11.5 Å². The summed E-state index contributed by atoms with van der Waals surface area (Å²) in [5.74, 6) is -0.189. The van der Waals surface area contributed by atoms with Gasteiger partial charge in [-0.25, -0.2) is 0 Å². The van der Waals surface area contributed by atoms with Crippen molar-refractivity contribution in [2.45, 2.75) is 26.3 Å². The second-order valence-electron chi connectivity index (χ2n) is 7.30. The Morgan fingerprint density at radius 1 is 0.938 bits per heavy atom. The zero-order chi connectivity index (χ0) is 23.1. The quantitative estimate of drug-likeness (QED) is 0.261. The van der Waals surface area contributed by atoms with Crippen molar-refractivity contribution < 1.29 is 28.9 Å². The van der Waals surface area contributed by atoms with E-state index < -0.39 is 17.7 Å². The van der Waals surface area contributed by atoms with E-state index in [1.807, 2.05) is 26.0 Å². The monoisotopic (exact) mass is 439 g/mol. The maximum Gasteiger partial charge on any atom is 0.295 e. The van der Waals surface area contributed by atoms with E-state index in [1.165, 1.54) is 4.90 Å². The molecule has 0 aliphatic carbocycles. The Bertz CT molecular complexity index is 965. The van der Waals surface area contributed by atoms with E-state index in [2.05, 4.69) is 0 Å². The molecule has 1 N–H and O–H groups in total. The molecule has 1 atom stereocenters. The van der Waals surface area contributed by atoms with Gasteiger partial charge in [0, 0.05) is 25.8 Å². The molecule has 7 heteroatoms. The summed E-state index contributed by atoms with van der Waals surface area (Å²) in [7, 11) is 1.59. The third kappa shape index (κ3) is 4.94. The molecule has 32 heavy (non-hydrogen) atoms. The van der Waals surface area contributed by atoms with Gasteiger partial charge in [0.1, 0.15) is 17.3 Å². The fourth-order valence-electron chi connectivity index (χ4n) is 3.78. The molecule has 170 valence electrons. The third-order valence-electron chi connectivity index (χ3n) is 5.23. The van der Waals surface area contributed by atoms with Crippen molar-refractivity contribution in [2.75, 3.05) is 33.5 Å². The molecule has 1 amide bonds. The van der Waals surface area contributed by atoms with Gasteiger partial charge in [0.15, 0.2) is 0 Å². The summed E-state index contributed by atoms with van der Waals surface area (Å²) >= 11 is 0. The second-order valence-corrected chi connectivity index (χ2v) is 7.30. The van der Waals surface area contributed by atoms with Crippen LogP contribution in [0.3, 0.4) is 0 Å². The van der Waals surface area contributed by atoms with Crippen LogP contribution >= 0.6 is 0 Å². The lowest BCUT2D eigenvalue weighted by Gasteiger charge is -2.25. The molecule has 1 fully saturated rings. The Balaban J connectivity index is 2.04. The minimum Gasteiger partial charge on any atom is -0.507 e. The first-order valence-electron chi connectivity index (χ1n) is 10.7. The van der Waals surface area contributed by atoms with Crippen molar-refractivity contribution in [1.82, 2.24) is 4.90 Å². The first kappa shape index (κ1) is 23.3. The summed E-state index contributed by atoms with van der Waals surface area (Å²) in [5.41, 5.74) is 1.23. The number of likely N-dealkylation sites (tertiary alicyclic amines) is 1. The number of hydrogen-bond acceptors (Lipinski definition) is 6. The van der Waals surface area contributed by atoms with Crippen molar-refractivity contribution in [3.8, 4) is 11.5 Å². The summed E-state index contributed by atoms with van der Waals surface area (Å²) in [5, 5.41) is 11.1. The fraction of sp³-hybridized carbons (Fsp3) is 0.360. The molecular weight excluding hydrogens is 410 g/mol. The molecule has 3 rings (SSSR count). The molecular formula is C25H29NO6. The molecule has 1 aliphatic rings. The lowest BCUT2D eigenvalue weighted by molar-refractivity contribution is -0.140. The van der Waals surface area contributed by atoms with Crippen LogP contribution in [0.4, 0.5) is 0 Å². The zero-order valence-electron chi connectivity index (χ0n) is 18.7. The lowest BCUT2D eigenvalue weighted by Crippen LogP contribution is -2.31. The highest BCUT2D eigenvalue weighted by Gasteiger charge is 2.45. The maximum absolute atomic E-state index is 13.0. The first-order valence-corrected chi connectivity index (χ1v) is 10.7. The Kier molecular flexibility index (Phi) is 7.89. The van der Waals surface area contributed by atoms with Crippen LogP contribution in [-0.4, -0.2) is 55.2 Å². The predicted molar refractivity (Wildman–Crippen MR) is 121 cm³/mol. The summed E-state index contributed by atoms with van der Waals surface area (Å²) in [6.07, 6.45) is 0.570. The number of hydrogen-bond donors (Lipinski definition) is 1. The van der Waals surface area contributed by atoms with Gasteiger partial charge in [0.05, 0.1) is 24.8 Å². The van der Waals surface area contributed by atoms with E-state index in [4.69, 9.17) is 14.2 Å². The van der Waals surface area contributed by atoms with Gasteiger partial charge in [0.2, 0.25) is 0 Å². The minimum atomic E-state index is -0.701. The highest BCUT2D eigenvalue weighted by atomic mass is 16.5. The Hall–Kier alpha value is -3.32. The molecule has 1 saturated heterocycles. The third-order valence-corrected chi connectivity index (χ3v) is 5.23. The number of rotatable bonds is 10. The van der Waals surface area contributed by atoms with Crippen LogP contribution in [0.2, 0.25) is 0 Å². The lowest BCUT2D eigenvalue weighted by atomic mass is 9.95. The van der Waals surface area contributed by atoms with E-state index in [1.54, 1.807) is 43.5 Å². The van der Waals surface area contributed by atoms with Gasteiger partial charge in [-0.3, -0.25) is 9.59 Å². The number of carbonyl (C=O) groups is 2. The molecule has 2 aromatic rings. The second kappa shape index (κ2) is 10.8. The molecule has 0 spiro atoms. The van der Waals surface area contributed by atoms with E-state index in [0.717, 1.165) is 5.56 Å². The number of Topliss-reactive ketones (excluding diaryl/α,β-unsaturated/α-hetero) is 1. The van der Waals surface area contributed by atoms with Crippen molar-refractivity contribution in [3.63, 3.8) is 0 Å². The SMILES string of the molecule is CCOc1ccc(/C(O)=C2/C(=O)C(=O)N(CCCOC)C2c2ccc(OCC)cc2)cc1. The maximum atomic E-state index is 13.0. The molecule has 1 heterocycles. The number of methoxy groups -OCH3 is 1. The first-order chi connectivity index (χ1) is 15.5. The van der Waals surface area contributed by atoms with Crippen LogP contribution in [0.15, 0.2) is 54.1 Å². The van der Waals surface area contributed by atoms with Crippen molar-refractivity contribution in [3.05, 3.63) is 65.2 Å². The highest BCUT2D eigenvalue weighted by molar-refractivity contribution is 6.46. The normalized spacial score (nSPS) is 17.6. The van der Waals surface area contributed by atoms with Gasteiger partial charge in [-0.1, -0.05) is 12.1 Å². The number of ether oxygens (including phenoxy) is 3. The van der Waals surface area contributed by atoms with Crippen molar-refractivity contribution in [1.29, 1.82) is 0 Å². The molecule has 7 nitrogen and oxygen atoms in total. The minimum absolute atomic E-state index is 0.0701. The Labute approximate surface area is 188 Å². The van der Waals surface area contributed by atoms with Crippen LogP contribution in [0.1, 0.15) is 37.4 Å². The molecule has 2 aromatic carbocycles. The Morgan fingerprint density at radius 3 is 2.03 bits per heavy atom. The molecule has 1 aliphatic heterocycles. The number of nitrogens with zero attached hydrogens (tertiary/aromatic N) is 1. The van der Waals surface area contributed by atoms with Crippen LogP contribution in [0.25, 0.3) is 5.76 Å². The number of benzene rings is 2. The van der Waals surface area contributed by atoms with Gasteiger partial charge >= 0.3 is 0 Å². The summed E-state index contributed by atoms with van der Waals surface area (Å²) in [6, 6.07) is 13.3. The van der Waals surface area contributed by atoms with Gasteiger partial charge in [-0.15, -0.1) is 0 Å². The van der Waals surface area contributed by atoms with Gasteiger partial charge in [-0.05, 0) is 62.2 Å².